The van der Waals surface area contributed by atoms with Crippen LogP contribution >= 0.6 is 0 Å². The Hall–Kier alpha value is -2.81. The Morgan fingerprint density at radius 1 is 0.750 bits per heavy atom. The van der Waals surface area contributed by atoms with Crippen molar-refractivity contribution in [3.63, 3.8) is 0 Å². The van der Waals surface area contributed by atoms with Crippen LogP contribution in [0, 0.1) is 0 Å². The van der Waals surface area contributed by atoms with Gasteiger partial charge in [0.05, 0.1) is 5.69 Å². The minimum atomic E-state index is -0.0322. The summed E-state index contributed by atoms with van der Waals surface area (Å²) in [6.07, 6.45) is 0. The summed E-state index contributed by atoms with van der Waals surface area (Å²) in [5.41, 5.74) is 2.72. The lowest BCUT2D eigenvalue weighted by molar-refractivity contribution is 1.03. The number of para-hydroxylation sites is 2. The molecule has 4 rings (SSSR count). The first-order chi connectivity index (χ1) is 9.84. The van der Waals surface area contributed by atoms with E-state index >= 15 is 0 Å². The Bertz CT molecular complexity index is 965. The van der Waals surface area contributed by atoms with Crippen LogP contribution < -0.4 is 5.56 Å². The van der Waals surface area contributed by atoms with Crippen LogP contribution in [0.1, 0.15) is 0 Å². The molecule has 3 heteroatoms. The fourth-order valence-corrected chi connectivity index (χ4v) is 2.67. The number of rotatable bonds is 1. The normalized spacial score (nSPS) is 11.2. The average molecular weight is 260 g/mol. The number of aromatic amines is 1. The number of benzene rings is 2. The van der Waals surface area contributed by atoms with Crippen molar-refractivity contribution in [2.45, 2.75) is 0 Å². The van der Waals surface area contributed by atoms with Gasteiger partial charge in [0.25, 0.3) is 5.56 Å². The zero-order valence-electron chi connectivity index (χ0n) is 10.7. The smallest absolute Gasteiger partial charge is 0.256 e. The molecule has 1 N–H and O–H groups in total. The second kappa shape index (κ2) is 4.10. The van der Waals surface area contributed by atoms with E-state index < -0.39 is 0 Å². The van der Waals surface area contributed by atoms with Gasteiger partial charge < -0.3 is 4.98 Å². The zero-order valence-corrected chi connectivity index (χ0v) is 10.7. The van der Waals surface area contributed by atoms with E-state index in [1.165, 1.54) is 0 Å². The molecule has 0 aliphatic carbocycles. The highest BCUT2D eigenvalue weighted by molar-refractivity contribution is 6.06. The molecule has 0 amide bonds. The molecule has 0 unspecified atom stereocenters. The summed E-state index contributed by atoms with van der Waals surface area (Å²) < 4.78 is 1.72. The van der Waals surface area contributed by atoms with Gasteiger partial charge in [0.15, 0.2) is 0 Å². The first kappa shape index (κ1) is 11.1. The number of nitrogens with one attached hydrogen (secondary N) is 1. The maximum absolute atomic E-state index is 12.3. The summed E-state index contributed by atoms with van der Waals surface area (Å²) in [6, 6.07) is 21.3. The summed E-state index contributed by atoms with van der Waals surface area (Å²) >= 11 is 0. The van der Waals surface area contributed by atoms with Crippen molar-refractivity contribution in [3.05, 3.63) is 77.1 Å². The van der Waals surface area contributed by atoms with Crippen molar-refractivity contribution in [1.82, 2.24) is 9.55 Å². The predicted molar refractivity (Wildman–Crippen MR) is 81.4 cm³/mol. The highest BCUT2D eigenvalue weighted by Gasteiger charge is 2.09. The lowest BCUT2D eigenvalue weighted by Gasteiger charge is -2.06. The SMILES string of the molecule is O=c1ccc2c3ccccc3[nH]c2n1-c1ccccc1. The summed E-state index contributed by atoms with van der Waals surface area (Å²) in [6.45, 7) is 0. The number of H-pyrrole nitrogens is 1. The summed E-state index contributed by atoms with van der Waals surface area (Å²) in [4.78, 5) is 15.6. The molecule has 4 aromatic rings. The van der Waals surface area contributed by atoms with Crippen molar-refractivity contribution >= 4 is 21.9 Å². The fourth-order valence-electron chi connectivity index (χ4n) is 2.67. The van der Waals surface area contributed by atoms with Crippen LogP contribution in [-0.2, 0) is 0 Å². The van der Waals surface area contributed by atoms with E-state index in [-0.39, 0.29) is 5.56 Å². The van der Waals surface area contributed by atoms with E-state index in [4.69, 9.17) is 0 Å². The van der Waals surface area contributed by atoms with Crippen molar-refractivity contribution in [2.24, 2.45) is 0 Å². The molecule has 0 radical (unpaired) electrons. The molecule has 96 valence electrons. The van der Waals surface area contributed by atoms with Gasteiger partial charge in [-0.1, -0.05) is 36.4 Å². The molecule has 0 bridgehead atoms. The second-order valence-electron chi connectivity index (χ2n) is 4.78. The third-order valence-corrected chi connectivity index (χ3v) is 3.58. The van der Waals surface area contributed by atoms with Gasteiger partial charge in [-0.2, -0.15) is 0 Å². The van der Waals surface area contributed by atoms with Crippen molar-refractivity contribution in [2.75, 3.05) is 0 Å². The van der Waals surface area contributed by atoms with Crippen LogP contribution in [0.3, 0.4) is 0 Å². The van der Waals surface area contributed by atoms with Crippen LogP contribution in [-0.4, -0.2) is 9.55 Å². The third kappa shape index (κ3) is 1.50. The minimum Gasteiger partial charge on any atom is -0.340 e. The standard InChI is InChI=1S/C17H12N2O/c20-16-11-10-14-13-8-4-5-9-15(13)18-17(14)19(16)12-6-2-1-3-7-12/h1-11,18H. The third-order valence-electron chi connectivity index (χ3n) is 3.58. The highest BCUT2D eigenvalue weighted by atomic mass is 16.1. The Morgan fingerprint density at radius 3 is 2.35 bits per heavy atom. The van der Waals surface area contributed by atoms with E-state index in [0.717, 1.165) is 27.6 Å². The number of nitrogens with zero attached hydrogens (tertiary/aromatic N) is 1. The van der Waals surface area contributed by atoms with Gasteiger partial charge in [-0.25, -0.2) is 0 Å². The van der Waals surface area contributed by atoms with Gasteiger partial charge in [-0.15, -0.1) is 0 Å². The van der Waals surface area contributed by atoms with Crippen molar-refractivity contribution in [3.8, 4) is 5.69 Å². The molecule has 0 spiro atoms. The van der Waals surface area contributed by atoms with Crippen molar-refractivity contribution in [1.29, 1.82) is 0 Å². The summed E-state index contributed by atoms with van der Waals surface area (Å²) in [5.74, 6) is 0. The van der Waals surface area contributed by atoms with Gasteiger partial charge in [-0.05, 0) is 24.3 Å². The molecule has 0 saturated carbocycles. The molecule has 0 saturated heterocycles. The zero-order chi connectivity index (χ0) is 13.5. The second-order valence-corrected chi connectivity index (χ2v) is 4.78. The average Bonchev–Trinajstić information content (AvgIpc) is 2.86. The molecule has 3 nitrogen and oxygen atoms in total. The molecular weight excluding hydrogens is 248 g/mol. The molecule has 2 heterocycles. The quantitative estimate of drug-likeness (QED) is 0.559. The molecule has 0 atom stereocenters. The first-order valence-corrected chi connectivity index (χ1v) is 6.52. The van der Waals surface area contributed by atoms with Crippen LogP contribution in [0.15, 0.2) is 71.5 Å². The number of hydrogen-bond acceptors (Lipinski definition) is 1. The molecule has 2 aromatic carbocycles. The summed E-state index contributed by atoms with van der Waals surface area (Å²) in [7, 11) is 0. The Morgan fingerprint density at radius 2 is 1.50 bits per heavy atom. The number of fused-ring (bicyclic) bond motifs is 3. The highest BCUT2D eigenvalue weighted by Crippen LogP contribution is 2.25. The van der Waals surface area contributed by atoms with E-state index in [0.29, 0.717) is 0 Å². The maximum Gasteiger partial charge on any atom is 0.256 e. The van der Waals surface area contributed by atoms with Gasteiger partial charge in [-0.3, -0.25) is 9.36 Å². The number of pyridine rings is 1. The number of hydrogen-bond donors (Lipinski definition) is 1. The van der Waals surface area contributed by atoms with E-state index in [1.807, 2.05) is 54.6 Å². The van der Waals surface area contributed by atoms with Gasteiger partial charge >= 0.3 is 0 Å². The van der Waals surface area contributed by atoms with E-state index in [2.05, 4.69) is 11.1 Å². The van der Waals surface area contributed by atoms with Gasteiger partial charge in [0.1, 0.15) is 5.65 Å². The fraction of sp³-hybridized carbons (Fsp3) is 0. The lowest BCUT2D eigenvalue weighted by Crippen LogP contribution is -2.17. The molecule has 2 aromatic heterocycles. The summed E-state index contributed by atoms with van der Waals surface area (Å²) in [5, 5.41) is 2.19. The Labute approximate surface area is 115 Å². The van der Waals surface area contributed by atoms with Crippen LogP contribution in [0.25, 0.3) is 27.6 Å². The largest absolute Gasteiger partial charge is 0.340 e. The van der Waals surface area contributed by atoms with Crippen molar-refractivity contribution < 1.29 is 0 Å². The van der Waals surface area contributed by atoms with Crippen LogP contribution in [0.5, 0.6) is 0 Å². The minimum absolute atomic E-state index is 0.0322. The van der Waals surface area contributed by atoms with Crippen LogP contribution in [0.4, 0.5) is 0 Å². The molecule has 20 heavy (non-hydrogen) atoms. The number of aromatic nitrogens is 2. The van der Waals surface area contributed by atoms with E-state index in [9.17, 15) is 4.79 Å². The molecule has 0 aliphatic heterocycles. The molecule has 0 fully saturated rings. The Balaban J connectivity index is 2.20. The van der Waals surface area contributed by atoms with Gasteiger partial charge in [0, 0.05) is 22.4 Å². The van der Waals surface area contributed by atoms with E-state index in [1.54, 1.807) is 10.6 Å². The molecule has 0 aliphatic rings. The Kier molecular flexibility index (Phi) is 2.27. The topological polar surface area (TPSA) is 37.8 Å². The lowest BCUT2D eigenvalue weighted by atomic mass is 10.2. The first-order valence-electron chi connectivity index (χ1n) is 6.52. The van der Waals surface area contributed by atoms with Crippen LogP contribution in [0.2, 0.25) is 0 Å². The van der Waals surface area contributed by atoms with Gasteiger partial charge in [0.2, 0.25) is 0 Å². The monoisotopic (exact) mass is 260 g/mol. The molecular formula is C17H12N2O. The maximum atomic E-state index is 12.3. The predicted octanol–water partition coefficient (Wildman–Crippen LogP) is 3.47.